The molecule has 0 aromatic carbocycles. The molecule has 1 spiro atoms. The van der Waals surface area contributed by atoms with E-state index >= 15 is 0 Å². The molecule has 0 N–H and O–H groups in total. The van der Waals surface area contributed by atoms with E-state index in [-0.39, 0.29) is 5.60 Å². The minimum Gasteiger partial charge on any atom is -0.492 e. The molecule has 0 radical (unpaired) electrons. The molecule has 6 heteroatoms. The molecule has 2 aliphatic rings. The summed E-state index contributed by atoms with van der Waals surface area (Å²) in [7, 11) is 0. The van der Waals surface area contributed by atoms with Gasteiger partial charge in [0.05, 0.1) is 31.6 Å². The highest BCUT2D eigenvalue weighted by Gasteiger charge is 2.47. The maximum atomic E-state index is 6.29. The number of morpholine rings is 1. The molecule has 1 saturated heterocycles. The van der Waals surface area contributed by atoms with Gasteiger partial charge in [0.1, 0.15) is 5.75 Å². The van der Waals surface area contributed by atoms with Crippen molar-refractivity contribution in [1.29, 1.82) is 0 Å². The van der Waals surface area contributed by atoms with E-state index in [4.69, 9.17) is 9.47 Å². The molecule has 2 atom stereocenters. The Morgan fingerprint density at radius 2 is 2.17 bits per heavy atom. The predicted octanol–water partition coefficient (Wildman–Crippen LogP) is 2.33. The molecule has 6 nitrogen and oxygen atoms in total. The van der Waals surface area contributed by atoms with Gasteiger partial charge in [-0.05, 0) is 37.5 Å². The van der Waals surface area contributed by atoms with Gasteiger partial charge < -0.3 is 14.4 Å². The van der Waals surface area contributed by atoms with Crippen LogP contribution in [0.5, 0.6) is 5.75 Å². The Bertz CT molecular complexity index is 655. The number of rotatable bonds is 4. The molecule has 24 heavy (non-hydrogen) atoms. The Morgan fingerprint density at radius 1 is 1.25 bits per heavy atom. The lowest BCUT2D eigenvalue weighted by molar-refractivity contribution is -0.0897. The Balaban J connectivity index is 1.46. The predicted molar refractivity (Wildman–Crippen MR) is 90.0 cm³/mol. The maximum Gasteiger partial charge on any atom is 0.225 e. The molecule has 1 aliphatic heterocycles. The Labute approximate surface area is 141 Å². The van der Waals surface area contributed by atoms with Gasteiger partial charge in [0.2, 0.25) is 5.95 Å². The second kappa shape index (κ2) is 6.73. The fourth-order valence-corrected chi connectivity index (χ4v) is 3.81. The first-order chi connectivity index (χ1) is 11.9. The van der Waals surface area contributed by atoms with Gasteiger partial charge in [-0.15, -0.1) is 0 Å². The molecule has 1 aliphatic carbocycles. The molecule has 2 aromatic rings. The average Bonchev–Trinajstić information content (AvgIpc) is 3.03. The summed E-state index contributed by atoms with van der Waals surface area (Å²) in [6, 6.07) is 5.69. The van der Waals surface area contributed by atoms with Gasteiger partial charge in [0.25, 0.3) is 0 Å². The fraction of sp³-hybridized carbons (Fsp3) is 0.500. The molecule has 126 valence electrons. The van der Waals surface area contributed by atoms with Crippen molar-refractivity contribution < 1.29 is 9.47 Å². The smallest absolute Gasteiger partial charge is 0.225 e. The van der Waals surface area contributed by atoms with Crippen LogP contribution < -0.4 is 9.64 Å². The monoisotopic (exact) mass is 326 g/mol. The van der Waals surface area contributed by atoms with Gasteiger partial charge in [-0.25, -0.2) is 9.97 Å². The molecular formula is C18H22N4O2. The SMILES string of the molecule is c1cnc(N2CCO[C@]3(CCC[C@H]3COc3cccnc3)C2)nc1. The quantitative estimate of drug-likeness (QED) is 0.859. The van der Waals surface area contributed by atoms with E-state index in [9.17, 15) is 0 Å². The number of hydrogen-bond donors (Lipinski definition) is 0. The third kappa shape index (κ3) is 3.06. The first-order valence-electron chi connectivity index (χ1n) is 8.54. The molecule has 3 heterocycles. The van der Waals surface area contributed by atoms with Gasteiger partial charge in [-0.3, -0.25) is 4.98 Å². The number of pyridine rings is 1. The molecular weight excluding hydrogens is 304 g/mol. The first-order valence-corrected chi connectivity index (χ1v) is 8.54. The minimum absolute atomic E-state index is 0.153. The van der Waals surface area contributed by atoms with Crippen LogP contribution in [0.1, 0.15) is 19.3 Å². The van der Waals surface area contributed by atoms with Crippen molar-refractivity contribution in [3.63, 3.8) is 0 Å². The van der Waals surface area contributed by atoms with Gasteiger partial charge in [0, 0.05) is 31.1 Å². The van der Waals surface area contributed by atoms with Crippen LogP contribution >= 0.6 is 0 Å². The van der Waals surface area contributed by atoms with Crippen LogP contribution in [-0.4, -0.2) is 46.9 Å². The van der Waals surface area contributed by atoms with E-state index in [1.54, 1.807) is 24.8 Å². The van der Waals surface area contributed by atoms with Crippen LogP contribution in [0, 0.1) is 5.92 Å². The minimum atomic E-state index is -0.153. The summed E-state index contributed by atoms with van der Waals surface area (Å²) in [5.74, 6) is 1.99. The van der Waals surface area contributed by atoms with E-state index in [2.05, 4.69) is 19.9 Å². The number of hydrogen-bond acceptors (Lipinski definition) is 6. The van der Waals surface area contributed by atoms with Gasteiger partial charge >= 0.3 is 0 Å². The van der Waals surface area contributed by atoms with Crippen molar-refractivity contribution in [3.8, 4) is 5.75 Å². The van der Waals surface area contributed by atoms with Crippen LogP contribution in [0.15, 0.2) is 43.0 Å². The lowest BCUT2D eigenvalue weighted by atomic mass is 9.89. The Hall–Kier alpha value is -2.21. The van der Waals surface area contributed by atoms with E-state index in [0.29, 0.717) is 19.1 Å². The van der Waals surface area contributed by atoms with E-state index < -0.39 is 0 Å². The fourth-order valence-electron chi connectivity index (χ4n) is 3.81. The maximum absolute atomic E-state index is 6.29. The summed E-state index contributed by atoms with van der Waals surface area (Å²) in [6.45, 7) is 3.04. The van der Waals surface area contributed by atoms with E-state index in [1.807, 2.05) is 18.2 Å². The molecule has 0 bridgehead atoms. The van der Waals surface area contributed by atoms with Crippen molar-refractivity contribution in [1.82, 2.24) is 15.0 Å². The van der Waals surface area contributed by atoms with Gasteiger partial charge in [0.15, 0.2) is 0 Å². The average molecular weight is 326 g/mol. The number of anilines is 1. The summed E-state index contributed by atoms with van der Waals surface area (Å²) in [6.07, 6.45) is 10.5. The zero-order valence-corrected chi connectivity index (χ0v) is 13.7. The summed E-state index contributed by atoms with van der Waals surface area (Å²) in [4.78, 5) is 15.1. The topological polar surface area (TPSA) is 60.4 Å². The molecule has 0 amide bonds. The van der Waals surface area contributed by atoms with Crippen LogP contribution in [0.2, 0.25) is 0 Å². The third-order valence-electron chi connectivity index (χ3n) is 5.03. The van der Waals surface area contributed by atoms with Crippen LogP contribution in [0.4, 0.5) is 5.95 Å². The number of aromatic nitrogens is 3. The summed E-state index contributed by atoms with van der Waals surface area (Å²) < 4.78 is 12.3. The van der Waals surface area contributed by atoms with Crippen molar-refractivity contribution in [2.24, 2.45) is 5.92 Å². The zero-order valence-electron chi connectivity index (χ0n) is 13.7. The Kier molecular flexibility index (Phi) is 4.30. The molecule has 0 unspecified atom stereocenters. The summed E-state index contributed by atoms with van der Waals surface area (Å²) in [5, 5.41) is 0. The largest absolute Gasteiger partial charge is 0.492 e. The van der Waals surface area contributed by atoms with Crippen molar-refractivity contribution in [2.45, 2.75) is 24.9 Å². The van der Waals surface area contributed by atoms with Gasteiger partial charge in [-0.2, -0.15) is 0 Å². The molecule has 4 rings (SSSR count). The highest BCUT2D eigenvalue weighted by Crippen LogP contribution is 2.41. The number of nitrogens with zero attached hydrogens (tertiary/aromatic N) is 4. The lowest BCUT2D eigenvalue weighted by Gasteiger charge is -2.43. The van der Waals surface area contributed by atoms with Crippen LogP contribution in [0.3, 0.4) is 0 Å². The summed E-state index contributed by atoms with van der Waals surface area (Å²) >= 11 is 0. The molecule has 2 aromatic heterocycles. The second-order valence-electron chi connectivity index (χ2n) is 6.47. The van der Waals surface area contributed by atoms with Crippen molar-refractivity contribution >= 4 is 5.95 Å². The highest BCUT2D eigenvalue weighted by molar-refractivity contribution is 5.31. The van der Waals surface area contributed by atoms with Gasteiger partial charge in [-0.1, -0.05) is 0 Å². The standard InChI is InChI=1S/C18H22N4O2/c1-4-15(13-23-16-5-2-7-19-12-16)18(6-1)14-22(10-11-24-18)17-20-8-3-9-21-17/h2-3,5,7-9,12,15H,1,4,6,10-11,13-14H2/t15-,18+/m0/s1. The second-order valence-corrected chi connectivity index (χ2v) is 6.47. The molecule has 1 saturated carbocycles. The van der Waals surface area contributed by atoms with E-state index in [1.165, 1.54) is 6.42 Å². The molecule has 2 fully saturated rings. The van der Waals surface area contributed by atoms with Crippen molar-refractivity contribution in [3.05, 3.63) is 43.0 Å². The lowest BCUT2D eigenvalue weighted by Crippen LogP contribution is -2.55. The van der Waals surface area contributed by atoms with E-state index in [0.717, 1.165) is 37.6 Å². The first kappa shape index (κ1) is 15.3. The third-order valence-corrected chi connectivity index (χ3v) is 5.03. The Morgan fingerprint density at radius 3 is 3.00 bits per heavy atom. The summed E-state index contributed by atoms with van der Waals surface area (Å²) in [5.41, 5.74) is -0.153. The van der Waals surface area contributed by atoms with Crippen LogP contribution in [-0.2, 0) is 4.74 Å². The van der Waals surface area contributed by atoms with Crippen LogP contribution in [0.25, 0.3) is 0 Å². The highest BCUT2D eigenvalue weighted by atomic mass is 16.5. The van der Waals surface area contributed by atoms with Crippen molar-refractivity contribution in [2.75, 3.05) is 31.2 Å². The zero-order chi connectivity index (χ0) is 16.2. The normalized spacial score (nSPS) is 26.7. The number of ether oxygens (including phenoxy) is 2.